The summed E-state index contributed by atoms with van der Waals surface area (Å²) < 4.78 is 5.54. The molecule has 0 amide bonds. The van der Waals surface area contributed by atoms with Crippen molar-refractivity contribution in [2.24, 2.45) is 0 Å². The minimum Gasteiger partial charge on any atom is -0.492 e. The Kier molecular flexibility index (Phi) is 5.00. The fraction of sp³-hybridized carbons (Fsp3) is 0.667. The van der Waals surface area contributed by atoms with Gasteiger partial charge in [0.1, 0.15) is 5.75 Å². The number of pyridine rings is 1. The zero-order chi connectivity index (χ0) is 12.8. The largest absolute Gasteiger partial charge is 0.492 e. The van der Waals surface area contributed by atoms with Crippen molar-refractivity contribution < 1.29 is 4.74 Å². The minimum absolute atomic E-state index is 0.623. The monoisotopic (exact) mass is 248 g/mol. The molecular weight excluding hydrogens is 224 g/mol. The highest BCUT2D eigenvalue weighted by molar-refractivity contribution is 5.26. The van der Waals surface area contributed by atoms with Gasteiger partial charge in [-0.05, 0) is 50.8 Å². The van der Waals surface area contributed by atoms with Crippen LogP contribution in [0.3, 0.4) is 0 Å². The number of aromatic nitrogens is 1. The highest BCUT2D eigenvalue weighted by Crippen LogP contribution is 2.32. The summed E-state index contributed by atoms with van der Waals surface area (Å²) in [6, 6.07) is 2.81. The van der Waals surface area contributed by atoms with E-state index in [-0.39, 0.29) is 0 Å². The van der Waals surface area contributed by atoms with Gasteiger partial charge < -0.3 is 10.1 Å². The third-order valence-corrected chi connectivity index (χ3v) is 3.85. The van der Waals surface area contributed by atoms with Crippen LogP contribution in [-0.2, 0) is 0 Å². The average Bonchev–Trinajstić information content (AvgIpc) is 2.65. The lowest BCUT2D eigenvalue weighted by molar-refractivity contribution is 0.337. The third-order valence-electron chi connectivity index (χ3n) is 3.85. The Morgan fingerprint density at radius 1 is 1.33 bits per heavy atom. The van der Waals surface area contributed by atoms with Crippen LogP contribution < -0.4 is 10.1 Å². The molecule has 1 N–H and O–H groups in total. The first-order valence-corrected chi connectivity index (χ1v) is 7.08. The number of hydrogen-bond donors (Lipinski definition) is 1. The summed E-state index contributed by atoms with van der Waals surface area (Å²) in [4.78, 5) is 4.31. The molecule has 1 aliphatic rings. The van der Waals surface area contributed by atoms with E-state index in [1.807, 2.05) is 13.1 Å². The summed E-state index contributed by atoms with van der Waals surface area (Å²) in [6.45, 7) is 2.71. The summed E-state index contributed by atoms with van der Waals surface area (Å²) in [5.41, 5.74) is 1.34. The molecule has 1 saturated carbocycles. The van der Waals surface area contributed by atoms with Crippen LogP contribution >= 0.6 is 0 Å². The SMILES string of the molecule is CCOc1cncc(C2CCCCC(NC)C2)c1. The first kappa shape index (κ1) is 13.3. The number of hydrogen-bond acceptors (Lipinski definition) is 3. The van der Waals surface area contributed by atoms with Gasteiger partial charge in [-0.25, -0.2) is 0 Å². The van der Waals surface area contributed by atoms with Crippen molar-refractivity contribution in [3.05, 3.63) is 24.0 Å². The van der Waals surface area contributed by atoms with Crippen molar-refractivity contribution in [2.45, 2.75) is 51.0 Å². The van der Waals surface area contributed by atoms with Crippen LogP contribution in [0.25, 0.3) is 0 Å². The first-order valence-electron chi connectivity index (χ1n) is 7.08. The summed E-state index contributed by atoms with van der Waals surface area (Å²) >= 11 is 0. The molecule has 1 aliphatic carbocycles. The fourth-order valence-corrected chi connectivity index (χ4v) is 2.83. The molecule has 100 valence electrons. The molecule has 1 aromatic rings. The lowest BCUT2D eigenvalue weighted by Gasteiger charge is -2.20. The number of nitrogens with zero attached hydrogens (tertiary/aromatic N) is 1. The maximum absolute atomic E-state index is 5.54. The second-order valence-corrected chi connectivity index (χ2v) is 5.09. The molecule has 2 unspecified atom stereocenters. The average molecular weight is 248 g/mol. The molecular formula is C15H24N2O. The van der Waals surface area contributed by atoms with Gasteiger partial charge >= 0.3 is 0 Å². The highest BCUT2D eigenvalue weighted by Gasteiger charge is 2.21. The van der Waals surface area contributed by atoms with Gasteiger partial charge in [-0.3, -0.25) is 4.98 Å². The predicted octanol–water partition coefficient (Wildman–Crippen LogP) is 3.12. The van der Waals surface area contributed by atoms with Crippen LogP contribution in [0.1, 0.15) is 50.5 Å². The lowest BCUT2D eigenvalue weighted by atomic mass is 9.91. The molecule has 1 heterocycles. The zero-order valence-electron chi connectivity index (χ0n) is 11.5. The van der Waals surface area contributed by atoms with E-state index in [0.717, 1.165) is 5.75 Å². The highest BCUT2D eigenvalue weighted by atomic mass is 16.5. The van der Waals surface area contributed by atoms with Crippen LogP contribution in [-0.4, -0.2) is 24.7 Å². The normalized spacial score (nSPS) is 24.6. The topological polar surface area (TPSA) is 34.1 Å². The Labute approximate surface area is 110 Å². The molecule has 1 aromatic heterocycles. The van der Waals surface area contributed by atoms with Gasteiger partial charge in [0.2, 0.25) is 0 Å². The summed E-state index contributed by atoms with van der Waals surface area (Å²) in [6.07, 6.45) is 10.3. The molecule has 0 aliphatic heterocycles. The minimum atomic E-state index is 0.623. The Bertz CT molecular complexity index is 367. The maximum atomic E-state index is 5.54. The second kappa shape index (κ2) is 6.74. The fourth-order valence-electron chi connectivity index (χ4n) is 2.83. The van der Waals surface area contributed by atoms with Crippen LogP contribution in [0.2, 0.25) is 0 Å². The quantitative estimate of drug-likeness (QED) is 0.831. The van der Waals surface area contributed by atoms with Gasteiger partial charge in [0, 0.05) is 12.2 Å². The van der Waals surface area contributed by atoms with Gasteiger partial charge in [0.25, 0.3) is 0 Å². The van der Waals surface area contributed by atoms with Crippen molar-refractivity contribution in [1.82, 2.24) is 10.3 Å². The van der Waals surface area contributed by atoms with E-state index in [0.29, 0.717) is 18.6 Å². The van der Waals surface area contributed by atoms with Crippen molar-refractivity contribution >= 4 is 0 Å². The molecule has 0 radical (unpaired) electrons. The second-order valence-electron chi connectivity index (χ2n) is 5.09. The van der Waals surface area contributed by atoms with Crippen molar-refractivity contribution in [2.75, 3.05) is 13.7 Å². The van der Waals surface area contributed by atoms with E-state index in [9.17, 15) is 0 Å². The molecule has 1 fully saturated rings. The molecule has 0 spiro atoms. The van der Waals surface area contributed by atoms with Gasteiger partial charge in [-0.2, -0.15) is 0 Å². The molecule has 3 heteroatoms. The molecule has 3 nitrogen and oxygen atoms in total. The predicted molar refractivity (Wildman–Crippen MR) is 74.1 cm³/mol. The molecule has 0 saturated heterocycles. The van der Waals surface area contributed by atoms with Gasteiger partial charge in [-0.1, -0.05) is 12.8 Å². The van der Waals surface area contributed by atoms with Crippen molar-refractivity contribution in [3.8, 4) is 5.75 Å². The van der Waals surface area contributed by atoms with Gasteiger partial charge in [0.15, 0.2) is 0 Å². The molecule has 0 bridgehead atoms. The van der Waals surface area contributed by atoms with Gasteiger partial charge in [0.05, 0.1) is 12.8 Å². The smallest absolute Gasteiger partial charge is 0.137 e. The Morgan fingerprint density at radius 3 is 2.94 bits per heavy atom. The van der Waals surface area contributed by atoms with E-state index < -0.39 is 0 Å². The van der Waals surface area contributed by atoms with Crippen LogP contribution in [0, 0.1) is 0 Å². The van der Waals surface area contributed by atoms with E-state index in [2.05, 4.69) is 23.4 Å². The Balaban J connectivity index is 2.10. The molecule has 2 rings (SSSR count). The third kappa shape index (κ3) is 3.45. The van der Waals surface area contributed by atoms with Crippen LogP contribution in [0.5, 0.6) is 5.75 Å². The maximum Gasteiger partial charge on any atom is 0.137 e. The van der Waals surface area contributed by atoms with E-state index in [4.69, 9.17) is 4.74 Å². The Hall–Kier alpha value is -1.09. The first-order chi connectivity index (χ1) is 8.83. The van der Waals surface area contributed by atoms with Crippen molar-refractivity contribution in [1.29, 1.82) is 0 Å². The number of rotatable bonds is 4. The van der Waals surface area contributed by atoms with Crippen LogP contribution in [0.15, 0.2) is 18.5 Å². The van der Waals surface area contributed by atoms with Gasteiger partial charge in [-0.15, -0.1) is 0 Å². The number of nitrogens with one attached hydrogen (secondary N) is 1. The number of ether oxygens (including phenoxy) is 1. The van der Waals surface area contributed by atoms with Crippen LogP contribution in [0.4, 0.5) is 0 Å². The zero-order valence-corrected chi connectivity index (χ0v) is 11.5. The molecule has 0 aromatic carbocycles. The summed E-state index contributed by atoms with van der Waals surface area (Å²) in [7, 11) is 2.07. The Morgan fingerprint density at radius 2 is 2.17 bits per heavy atom. The standard InChI is InChI=1S/C15H24N2O/c1-3-18-15-9-13(10-17-11-15)12-6-4-5-7-14(8-12)16-2/h9-12,14,16H,3-8H2,1-2H3. The van der Waals surface area contributed by atoms with E-state index >= 15 is 0 Å². The molecule has 2 atom stereocenters. The summed E-state index contributed by atoms with van der Waals surface area (Å²) in [5, 5.41) is 3.43. The van der Waals surface area contributed by atoms with Crippen molar-refractivity contribution in [3.63, 3.8) is 0 Å². The summed E-state index contributed by atoms with van der Waals surface area (Å²) in [5.74, 6) is 1.53. The molecule has 18 heavy (non-hydrogen) atoms. The van der Waals surface area contributed by atoms with E-state index in [1.54, 1.807) is 6.20 Å². The van der Waals surface area contributed by atoms with E-state index in [1.165, 1.54) is 37.7 Å². The lowest BCUT2D eigenvalue weighted by Crippen LogP contribution is -2.25.